The number of phenols is 1. The van der Waals surface area contributed by atoms with Gasteiger partial charge in [-0.2, -0.15) is 0 Å². The van der Waals surface area contributed by atoms with Crippen LogP contribution < -0.4 is 20.8 Å². The van der Waals surface area contributed by atoms with Crippen LogP contribution in [0.2, 0.25) is 0 Å². The zero-order valence-electron chi connectivity index (χ0n) is 42.8. The Morgan fingerprint density at radius 3 is 2.49 bits per heavy atom. The Balaban J connectivity index is 1.11. The van der Waals surface area contributed by atoms with E-state index in [0.29, 0.717) is 49.3 Å². The van der Waals surface area contributed by atoms with E-state index in [4.69, 9.17) is 14.2 Å². The summed E-state index contributed by atoms with van der Waals surface area (Å²) >= 11 is 0. The van der Waals surface area contributed by atoms with Crippen LogP contribution in [0, 0.1) is 11.3 Å². The highest BCUT2D eigenvalue weighted by atomic mass is 16.5. The second-order valence-corrected chi connectivity index (χ2v) is 20.5. The summed E-state index contributed by atoms with van der Waals surface area (Å²) in [5, 5.41) is 19.9. The lowest BCUT2D eigenvalue weighted by molar-refractivity contribution is -0.155. The smallest absolute Gasteiger partial charge is 0.324 e. The largest absolute Gasteiger partial charge is 0.508 e. The monoisotopic (exact) mass is 985 g/mol. The summed E-state index contributed by atoms with van der Waals surface area (Å²) in [6, 6.07) is 17.0. The Bertz CT molecular complexity index is 2840. The quantitative estimate of drug-likeness (QED) is 0.0847. The van der Waals surface area contributed by atoms with Gasteiger partial charge in [0.2, 0.25) is 17.7 Å². The van der Waals surface area contributed by atoms with E-state index in [0.717, 1.165) is 44.4 Å². The van der Waals surface area contributed by atoms with Crippen molar-refractivity contribution < 1.29 is 43.3 Å². The minimum Gasteiger partial charge on any atom is -0.508 e. The molecule has 17 nitrogen and oxygen atoms in total. The van der Waals surface area contributed by atoms with Crippen LogP contribution in [0.3, 0.4) is 0 Å². The van der Waals surface area contributed by atoms with Crippen LogP contribution in [0.25, 0.3) is 33.3 Å². The average Bonchev–Trinajstić information content (AvgIpc) is 4.11. The van der Waals surface area contributed by atoms with Crippen molar-refractivity contribution in [1.82, 2.24) is 40.4 Å². The third-order valence-corrected chi connectivity index (χ3v) is 14.1. The molecule has 0 aliphatic carbocycles. The summed E-state index contributed by atoms with van der Waals surface area (Å²) in [5.41, 5.74) is 10.5. The number of esters is 1. The fourth-order valence-corrected chi connectivity index (χ4v) is 10.4. The first kappa shape index (κ1) is 51.5. The third kappa shape index (κ3) is 11.0. The Morgan fingerprint density at radius 2 is 1.78 bits per heavy atom. The number of likely N-dealkylation sites (N-methyl/N-ethyl adjacent to an activating group) is 2. The lowest BCUT2D eigenvalue weighted by Gasteiger charge is -2.37. The Labute approximate surface area is 421 Å². The van der Waals surface area contributed by atoms with Gasteiger partial charge in [0.15, 0.2) is 0 Å². The van der Waals surface area contributed by atoms with Gasteiger partial charge in [-0.25, -0.2) is 5.43 Å². The van der Waals surface area contributed by atoms with Crippen molar-refractivity contribution in [3.8, 4) is 33.9 Å². The van der Waals surface area contributed by atoms with Crippen molar-refractivity contribution in [3.05, 3.63) is 101 Å². The molecular formula is C55H68N8O9. The molecule has 17 heteroatoms. The fraction of sp³-hybridized carbons (Fsp3) is 0.455. The number of ether oxygens (including phenoxy) is 3. The fourth-order valence-electron chi connectivity index (χ4n) is 10.4. The highest BCUT2D eigenvalue weighted by Gasteiger charge is 2.45. The molecule has 2 aromatic heterocycles. The highest BCUT2D eigenvalue weighted by molar-refractivity contribution is 5.96. The van der Waals surface area contributed by atoms with E-state index >= 15 is 0 Å². The molecule has 4 N–H and O–H groups in total. The number of hydrazine groups is 1. The number of benzene rings is 3. The van der Waals surface area contributed by atoms with Gasteiger partial charge in [-0.15, -0.1) is 0 Å². The summed E-state index contributed by atoms with van der Waals surface area (Å²) in [6.45, 7) is 11.0. The van der Waals surface area contributed by atoms with Crippen molar-refractivity contribution in [3.63, 3.8) is 0 Å². The van der Waals surface area contributed by atoms with E-state index < -0.39 is 59.2 Å². The van der Waals surface area contributed by atoms with E-state index in [2.05, 4.69) is 58.5 Å². The first-order chi connectivity index (χ1) is 34.4. The zero-order valence-corrected chi connectivity index (χ0v) is 42.8. The minimum absolute atomic E-state index is 0.0260. The van der Waals surface area contributed by atoms with Crippen molar-refractivity contribution in [2.24, 2.45) is 11.3 Å². The Hall–Kier alpha value is -6.82. The van der Waals surface area contributed by atoms with Crippen molar-refractivity contribution in [2.45, 2.75) is 104 Å². The molecule has 3 aromatic carbocycles. The average molecular weight is 985 g/mol. The number of phenolic OH excluding ortho intramolecular Hbond substituents is 1. The van der Waals surface area contributed by atoms with Gasteiger partial charge in [0.25, 0.3) is 5.91 Å². The molecule has 6 bridgehead atoms. The molecule has 72 heavy (non-hydrogen) atoms. The van der Waals surface area contributed by atoms with Gasteiger partial charge in [0.1, 0.15) is 35.7 Å². The topological polar surface area (TPSA) is 207 Å². The number of pyridine rings is 1. The number of nitrogens with zero attached hydrogens (tertiary/aromatic N) is 5. The first-order valence-corrected chi connectivity index (χ1v) is 24.8. The summed E-state index contributed by atoms with van der Waals surface area (Å²) in [6.07, 6.45) is 5.05. The number of carbonyl (C=O) groups excluding carboxylic acids is 5. The molecule has 2 fully saturated rings. The SMILES string of the molecule is CCn1c(-c2cnccc2COC)c2c3cc(ccc31)-c1cc(O)cc(c1)C[C@H](NC(=O)C(C(C)C)N(C)C(=O)CN(C)C(=O)[C@H]1N[C@@H]1c1ccc(OC)cc1)C(=O)N1CCC[C@H](N1)C(=O)OCC(C)(C)C2. The van der Waals surface area contributed by atoms with E-state index in [1.54, 1.807) is 39.6 Å². The maximum atomic E-state index is 14.8. The number of cyclic esters (lactones) is 1. The highest BCUT2D eigenvalue weighted by Crippen LogP contribution is 2.41. The molecule has 2 saturated heterocycles. The summed E-state index contributed by atoms with van der Waals surface area (Å²) in [4.78, 5) is 78.0. The van der Waals surface area contributed by atoms with E-state index in [-0.39, 0.29) is 43.8 Å². The maximum Gasteiger partial charge on any atom is 0.324 e. The lowest BCUT2D eigenvalue weighted by Crippen LogP contribution is -2.62. The molecule has 5 heterocycles. The van der Waals surface area contributed by atoms with Crippen LogP contribution in [-0.2, 0) is 59.4 Å². The summed E-state index contributed by atoms with van der Waals surface area (Å²) < 4.78 is 19.3. The van der Waals surface area contributed by atoms with Crippen LogP contribution in [0.1, 0.15) is 75.8 Å². The Kier molecular flexibility index (Phi) is 15.4. The number of aromatic nitrogens is 2. The third-order valence-electron chi connectivity index (χ3n) is 14.1. The second-order valence-electron chi connectivity index (χ2n) is 20.5. The van der Waals surface area contributed by atoms with Crippen LogP contribution in [0.4, 0.5) is 0 Å². The number of aromatic hydroxyl groups is 1. The number of rotatable bonds is 13. The molecule has 1 unspecified atom stereocenters. The number of amides is 4. The van der Waals surface area contributed by atoms with Gasteiger partial charge < -0.3 is 39.0 Å². The molecule has 0 spiro atoms. The molecule has 3 aliphatic rings. The van der Waals surface area contributed by atoms with Crippen LogP contribution in [0.15, 0.2) is 79.1 Å². The molecule has 8 rings (SSSR count). The molecule has 3 aliphatic heterocycles. The number of fused-ring (bicyclic) bond motifs is 6. The van der Waals surface area contributed by atoms with Gasteiger partial charge >= 0.3 is 5.97 Å². The Morgan fingerprint density at radius 1 is 1.01 bits per heavy atom. The predicted molar refractivity (Wildman–Crippen MR) is 272 cm³/mol. The van der Waals surface area contributed by atoms with Gasteiger partial charge in [-0.3, -0.25) is 39.3 Å². The van der Waals surface area contributed by atoms with E-state index in [9.17, 15) is 29.1 Å². The second kappa shape index (κ2) is 21.5. The minimum atomic E-state index is -1.20. The van der Waals surface area contributed by atoms with E-state index in [1.807, 2.05) is 62.5 Å². The number of hydrogen-bond donors (Lipinski definition) is 4. The molecule has 382 valence electrons. The van der Waals surface area contributed by atoms with Crippen molar-refractivity contribution >= 4 is 40.5 Å². The number of nitrogens with one attached hydrogen (secondary N) is 3. The van der Waals surface area contributed by atoms with Crippen molar-refractivity contribution in [1.29, 1.82) is 0 Å². The predicted octanol–water partition coefficient (Wildman–Crippen LogP) is 5.55. The molecular weight excluding hydrogens is 917 g/mol. The summed E-state index contributed by atoms with van der Waals surface area (Å²) in [7, 11) is 6.33. The maximum absolute atomic E-state index is 14.8. The first-order valence-electron chi connectivity index (χ1n) is 24.8. The molecule has 5 aromatic rings. The number of hydrogen-bond acceptors (Lipinski definition) is 12. The van der Waals surface area contributed by atoms with Crippen molar-refractivity contribution in [2.75, 3.05) is 48.0 Å². The van der Waals surface area contributed by atoms with Gasteiger partial charge in [0, 0.05) is 75.0 Å². The van der Waals surface area contributed by atoms with E-state index in [1.165, 1.54) is 21.9 Å². The van der Waals surface area contributed by atoms with Crippen LogP contribution in [-0.4, -0.2) is 131 Å². The van der Waals surface area contributed by atoms with Gasteiger partial charge in [0.05, 0.1) is 38.6 Å². The zero-order chi connectivity index (χ0) is 51.6. The number of carbonyl (C=O) groups is 5. The molecule has 4 amide bonds. The van der Waals surface area contributed by atoms with Gasteiger partial charge in [-0.05, 0) is 108 Å². The summed E-state index contributed by atoms with van der Waals surface area (Å²) in [5.74, 6) is -2.03. The number of aryl methyl sites for hydroxylation is 1. The number of methoxy groups -OCH3 is 2. The van der Waals surface area contributed by atoms with Gasteiger partial charge in [-0.1, -0.05) is 52.0 Å². The lowest BCUT2D eigenvalue weighted by atomic mass is 9.84. The van der Waals surface area contributed by atoms with Crippen LogP contribution >= 0.6 is 0 Å². The normalized spacial score (nSPS) is 20.3. The molecule has 0 radical (unpaired) electrons. The van der Waals surface area contributed by atoms with Crippen LogP contribution in [0.5, 0.6) is 11.5 Å². The molecule has 0 saturated carbocycles. The standard InChI is InChI=1S/C55H68N8O9/c1-10-62-45-18-15-35-26-40(45)41(50(62)42-28-56-20-19-36(42)30-70-8)27-55(4,5)31-72-54(69)43-12-11-21-63(59-43)52(67)44(24-33-22-37(35)25-38(64)23-33)57-51(66)49(32(2)3)61(7)46(65)29-60(6)53(68)48-47(58-48)34-13-16-39(71-9)17-14-34/h13-20,22-23,25-26,28,32,43-44,47-49,58-59,64H,10-12,21,24,27,29-31H2,1-9H3,(H,57,66)/t43-,44-,47+,48-,49?/m0/s1. The molecule has 5 atom stereocenters.